The van der Waals surface area contributed by atoms with Gasteiger partial charge in [-0.3, -0.25) is 14.3 Å². The van der Waals surface area contributed by atoms with E-state index >= 15 is 0 Å². The molecule has 0 aliphatic heterocycles. The number of anilines is 2. The number of hydrogen-bond donors (Lipinski definition) is 0. The number of nitrogens with zero attached hydrogens (tertiary/aromatic N) is 5. The summed E-state index contributed by atoms with van der Waals surface area (Å²) in [5.41, 5.74) is 3.96. The van der Waals surface area contributed by atoms with Crippen molar-refractivity contribution >= 4 is 39.8 Å². The zero-order valence-corrected chi connectivity index (χ0v) is 18.6. The molecule has 4 aromatic rings. The highest BCUT2D eigenvalue weighted by Gasteiger charge is 2.18. The summed E-state index contributed by atoms with van der Waals surface area (Å²) < 4.78 is 2.04. The number of carbonyl (C=O) groups is 1. The van der Waals surface area contributed by atoms with Crippen LogP contribution in [0.3, 0.4) is 0 Å². The van der Waals surface area contributed by atoms with E-state index in [1.54, 1.807) is 23.6 Å². The second-order valence-electron chi connectivity index (χ2n) is 6.80. The number of thiazole rings is 1. The van der Waals surface area contributed by atoms with Crippen LogP contribution < -0.4 is 4.90 Å². The quantitative estimate of drug-likeness (QED) is 0.384. The van der Waals surface area contributed by atoms with E-state index in [0.29, 0.717) is 10.9 Å². The van der Waals surface area contributed by atoms with Crippen LogP contribution in [-0.4, -0.2) is 25.7 Å². The van der Waals surface area contributed by atoms with Gasteiger partial charge in [0.1, 0.15) is 5.82 Å². The van der Waals surface area contributed by atoms with Crippen LogP contribution in [0.25, 0.3) is 5.69 Å². The molecule has 0 spiro atoms. The largest absolute Gasteiger partial charge is 0.274 e. The first-order valence-electron chi connectivity index (χ1n) is 9.45. The zero-order valence-electron chi connectivity index (χ0n) is 16.9. The van der Waals surface area contributed by atoms with Crippen molar-refractivity contribution in [3.63, 3.8) is 0 Å². The summed E-state index contributed by atoms with van der Waals surface area (Å²) in [5.74, 6) is 1.41. The lowest BCUT2D eigenvalue weighted by Gasteiger charge is -2.17. The molecule has 0 radical (unpaired) electrons. The van der Waals surface area contributed by atoms with Crippen LogP contribution in [-0.2, 0) is 10.5 Å². The third kappa shape index (κ3) is 4.29. The summed E-state index contributed by atoms with van der Waals surface area (Å²) in [4.78, 5) is 18.6. The highest BCUT2D eigenvalue weighted by molar-refractivity contribution is 7.98. The van der Waals surface area contributed by atoms with Crippen molar-refractivity contribution in [1.82, 2.24) is 19.7 Å². The van der Waals surface area contributed by atoms with Gasteiger partial charge in [0.05, 0.1) is 11.4 Å². The van der Waals surface area contributed by atoms with Crippen LogP contribution in [0.15, 0.2) is 65.1 Å². The first-order chi connectivity index (χ1) is 14.5. The van der Waals surface area contributed by atoms with E-state index in [0.717, 1.165) is 28.0 Å². The smallest absolute Gasteiger partial charge is 0.230 e. The van der Waals surface area contributed by atoms with E-state index in [2.05, 4.69) is 46.4 Å². The first kappa shape index (κ1) is 20.3. The van der Waals surface area contributed by atoms with Gasteiger partial charge >= 0.3 is 0 Å². The molecule has 6 nitrogen and oxygen atoms in total. The second-order valence-corrected chi connectivity index (χ2v) is 8.58. The van der Waals surface area contributed by atoms with Gasteiger partial charge in [-0.1, -0.05) is 47.7 Å². The summed E-state index contributed by atoms with van der Waals surface area (Å²) in [6.45, 7) is 5.57. The molecule has 0 aliphatic carbocycles. The molecule has 152 valence electrons. The van der Waals surface area contributed by atoms with Gasteiger partial charge < -0.3 is 0 Å². The number of carbonyl (C=O) groups excluding carboxylic acids is 1. The van der Waals surface area contributed by atoms with Crippen molar-refractivity contribution in [2.75, 3.05) is 4.90 Å². The van der Waals surface area contributed by atoms with E-state index in [9.17, 15) is 4.79 Å². The van der Waals surface area contributed by atoms with Crippen molar-refractivity contribution in [2.45, 2.75) is 31.7 Å². The zero-order chi connectivity index (χ0) is 21.1. The fourth-order valence-electron chi connectivity index (χ4n) is 3.04. The Kier molecular flexibility index (Phi) is 5.96. The minimum Gasteiger partial charge on any atom is -0.274 e. The van der Waals surface area contributed by atoms with Gasteiger partial charge in [0.15, 0.2) is 10.3 Å². The lowest BCUT2D eigenvalue weighted by atomic mass is 10.2. The Morgan fingerprint density at radius 1 is 1.07 bits per heavy atom. The van der Waals surface area contributed by atoms with Crippen molar-refractivity contribution in [3.8, 4) is 5.69 Å². The maximum absolute atomic E-state index is 12.2. The van der Waals surface area contributed by atoms with Crippen LogP contribution in [0.1, 0.15) is 24.0 Å². The molecule has 0 fully saturated rings. The number of thioether (sulfide) groups is 1. The topological polar surface area (TPSA) is 63.9 Å². The number of hydrogen-bond acceptors (Lipinski definition) is 6. The van der Waals surface area contributed by atoms with Gasteiger partial charge in [-0.15, -0.1) is 21.5 Å². The Balaban J connectivity index is 1.53. The molecule has 0 aliphatic rings. The Morgan fingerprint density at radius 3 is 2.50 bits per heavy atom. The Morgan fingerprint density at radius 2 is 1.80 bits per heavy atom. The van der Waals surface area contributed by atoms with Gasteiger partial charge in [-0.05, 0) is 38.1 Å². The lowest BCUT2D eigenvalue weighted by molar-refractivity contribution is -0.115. The maximum Gasteiger partial charge on any atom is 0.230 e. The molecule has 0 bridgehead atoms. The van der Waals surface area contributed by atoms with Crippen LogP contribution in [0, 0.1) is 13.8 Å². The predicted molar refractivity (Wildman–Crippen MR) is 122 cm³/mol. The fourth-order valence-corrected chi connectivity index (χ4v) is 4.92. The standard InChI is InChI=1S/C22H21N5OS2/c1-15-9-11-20(12-10-15)26-16(2)24-25-22(26)30-14-18-13-29-21(23-18)27(17(3)28)19-7-5-4-6-8-19/h4-13H,14H2,1-3H3. The van der Waals surface area contributed by atoms with Crippen LogP contribution in [0.2, 0.25) is 0 Å². The summed E-state index contributed by atoms with van der Waals surface area (Å²) in [5, 5.41) is 12.1. The van der Waals surface area contributed by atoms with Crippen molar-refractivity contribution in [2.24, 2.45) is 0 Å². The molecule has 0 atom stereocenters. The lowest BCUT2D eigenvalue weighted by Crippen LogP contribution is -2.22. The normalized spacial score (nSPS) is 10.9. The third-order valence-corrected chi connectivity index (χ3v) is 6.33. The van der Waals surface area contributed by atoms with Crippen LogP contribution in [0.4, 0.5) is 10.8 Å². The van der Waals surface area contributed by atoms with Gasteiger partial charge in [0.25, 0.3) is 0 Å². The second kappa shape index (κ2) is 8.81. The molecular formula is C22H21N5OS2. The average Bonchev–Trinajstić information content (AvgIpc) is 3.34. The first-order valence-corrected chi connectivity index (χ1v) is 11.3. The number of para-hydroxylation sites is 1. The van der Waals surface area contributed by atoms with Crippen molar-refractivity contribution < 1.29 is 4.79 Å². The van der Waals surface area contributed by atoms with E-state index in [1.807, 2.05) is 47.2 Å². The van der Waals surface area contributed by atoms with Crippen molar-refractivity contribution in [3.05, 3.63) is 77.1 Å². The molecule has 2 heterocycles. The molecule has 4 rings (SSSR count). The molecule has 1 amide bonds. The molecule has 0 saturated heterocycles. The van der Waals surface area contributed by atoms with Gasteiger partial charge in [-0.25, -0.2) is 4.98 Å². The average molecular weight is 436 g/mol. The highest BCUT2D eigenvalue weighted by atomic mass is 32.2. The monoisotopic (exact) mass is 435 g/mol. The van der Waals surface area contributed by atoms with Gasteiger partial charge in [-0.2, -0.15) is 0 Å². The van der Waals surface area contributed by atoms with Crippen LogP contribution >= 0.6 is 23.1 Å². The van der Waals surface area contributed by atoms with E-state index in [1.165, 1.54) is 16.9 Å². The Labute approximate surface area is 183 Å². The molecule has 8 heteroatoms. The summed E-state index contributed by atoms with van der Waals surface area (Å²) in [6, 6.07) is 17.9. The van der Waals surface area contributed by atoms with E-state index in [4.69, 9.17) is 0 Å². The highest BCUT2D eigenvalue weighted by Crippen LogP contribution is 2.31. The minimum absolute atomic E-state index is 0.0653. The predicted octanol–water partition coefficient (Wildman–Crippen LogP) is 5.32. The minimum atomic E-state index is -0.0653. The summed E-state index contributed by atoms with van der Waals surface area (Å²) >= 11 is 3.04. The van der Waals surface area contributed by atoms with E-state index in [-0.39, 0.29) is 5.91 Å². The molecule has 2 aromatic carbocycles. The Hall–Kier alpha value is -2.97. The van der Waals surface area contributed by atoms with E-state index < -0.39 is 0 Å². The molecule has 0 saturated carbocycles. The van der Waals surface area contributed by atoms with Crippen molar-refractivity contribution in [1.29, 1.82) is 0 Å². The van der Waals surface area contributed by atoms with Gasteiger partial charge in [0.2, 0.25) is 5.91 Å². The molecule has 30 heavy (non-hydrogen) atoms. The number of aromatic nitrogens is 4. The number of aryl methyl sites for hydroxylation is 2. The number of rotatable bonds is 6. The number of benzene rings is 2. The fraction of sp³-hybridized carbons (Fsp3) is 0.182. The van der Waals surface area contributed by atoms with Gasteiger partial charge in [0, 0.05) is 23.7 Å². The summed E-state index contributed by atoms with van der Waals surface area (Å²) in [7, 11) is 0. The molecule has 0 N–H and O–H groups in total. The third-order valence-electron chi connectivity index (χ3n) is 4.50. The molecule has 0 unspecified atom stereocenters. The molecular weight excluding hydrogens is 414 g/mol. The maximum atomic E-state index is 12.2. The van der Waals surface area contributed by atoms with Crippen LogP contribution in [0.5, 0.6) is 0 Å². The Bertz CT molecular complexity index is 1150. The summed E-state index contributed by atoms with van der Waals surface area (Å²) in [6.07, 6.45) is 0. The number of amides is 1. The SMILES string of the molecule is CC(=O)N(c1ccccc1)c1nc(CSc2nnc(C)n2-c2ccc(C)cc2)cs1. The molecule has 2 aromatic heterocycles.